The highest BCUT2D eigenvalue weighted by Gasteiger charge is 1.93. The van der Waals surface area contributed by atoms with Crippen LogP contribution in [0.2, 0.25) is 0 Å². The molecule has 0 saturated heterocycles. The summed E-state index contributed by atoms with van der Waals surface area (Å²) in [6.07, 6.45) is 1.92. The molecule has 0 rings (SSSR count). The molecule has 0 spiro atoms. The Kier molecular flexibility index (Phi) is 5.97. The Bertz CT molecular complexity index is 143. The Morgan fingerprint density at radius 2 is 2.36 bits per heavy atom. The molecule has 0 saturated carbocycles. The van der Waals surface area contributed by atoms with Crippen molar-refractivity contribution in [1.29, 1.82) is 0 Å². The van der Waals surface area contributed by atoms with Crippen LogP contribution in [0.25, 0.3) is 0 Å². The van der Waals surface area contributed by atoms with Crippen molar-refractivity contribution >= 4 is 17.7 Å². The smallest absolute Gasteiger partial charge is 0.318 e. The van der Waals surface area contributed by atoms with Gasteiger partial charge in [-0.1, -0.05) is 6.08 Å². The zero-order chi connectivity index (χ0) is 8.69. The molecule has 0 aromatic heterocycles. The van der Waals surface area contributed by atoms with Crippen molar-refractivity contribution in [1.82, 2.24) is 0 Å². The second kappa shape index (κ2) is 6.24. The Labute approximate surface area is 70.1 Å². The third-order valence-electron chi connectivity index (χ3n) is 0.821. The average molecular weight is 175 g/mol. The van der Waals surface area contributed by atoms with Crippen molar-refractivity contribution in [2.75, 3.05) is 0 Å². The summed E-state index contributed by atoms with van der Waals surface area (Å²) in [5.41, 5.74) is 0. The van der Waals surface area contributed by atoms with Gasteiger partial charge in [-0.05, 0) is 18.8 Å². The normalized spacial score (nSPS) is 13.6. The molecule has 11 heavy (non-hydrogen) atoms. The number of aliphatic carboxylic acids is 1. The fourth-order valence-electron chi connectivity index (χ4n) is 0.406. The van der Waals surface area contributed by atoms with Gasteiger partial charge in [0.2, 0.25) is 0 Å². The van der Waals surface area contributed by atoms with E-state index < -0.39 is 5.97 Å². The highest BCUT2D eigenvalue weighted by Crippen LogP contribution is 2.07. The lowest BCUT2D eigenvalue weighted by atomic mass is 10.3. The first-order valence-electron chi connectivity index (χ1n) is 3.17. The lowest BCUT2D eigenvalue weighted by molar-refractivity contribution is -0.132. The molecule has 1 unspecified atom stereocenters. The number of hydrogen-bond donors (Lipinski definition) is 2. The van der Waals surface area contributed by atoms with Crippen LogP contribution in [0.4, 0.5) is 0 Å². The van der Waals surface area contributed by atoms with Crippen LogP contribution in [-0.2, 0) is 4.79 Å². The Balaban J connectivity index is 3.23. The van der Waals surface area contributed by atoms with Crippen LogP contribution in [0.5, 0.6) is 0 Å². The predicted octanol–water partition coefficient (Wildman–Crippen LogP) is 1.25. The molecule has 3 nitrogen and oxygen atoms in total. The van der Waals surface area contributed by atoms with Gasteiger partial charge in [0.25, 0.3) is 0 Å². The van der Waals surface area contributed by atoms with Crippen molar-refractivity contribution in [2.45, 2.75) is 19.4 Å². The zero-order valence-electron chi connectivity index (χ0n) is 6.23. The molecule has 0 aliphatic rings. The summed E-state index contributed by atoms with van der Waals surface area (Å²) >= 11 is 1.09. The van der Waals surface area contributed by atoms with Crippen LogP contribution < -0.4 is 0 Å². The number of thioether (sulfide) groups is 1. The Morgan fingerprint density at radius 3 is 2.82 bits per heavy atom. The van der Waals surface area contributed by atoms with Gasteiger partial charge in [0, 0.05) is 0 Å². The lowest BCUT2D eigenvalue weighted by Gasteiger charge is -1.95. The van der Waals surface area contributed by atoms with Gasteiger partial charge in [-0.25, -0.2) is 0 Å². The number of aliphatic hydroxyl groups is 1. The number of carboxylic acids is 1. The SMILES string of the molecule is CC(O)C/C=C/S[CH]C(=O)O. The summed E-state index contributed by atoms with van der Waals surface area (Å²) in [6.45, 7) is 1.68. The summed E-state index contributed by atoms with van der Waals surface area (Å²) in [5, 5.41) is 18.6. The second-order valence-electron chi connectivity index (χ2n) is 2.05. The van der Waals surface area contributed by atoms with Gasteiger partial charge in [0.05, 0.1) is 6.10 Å². The van der Waals surface area contributed by atoms with Gasteiger partial charge in [0.1, 0.15) is 5.75 Å². The topological polar surface area (TPSA) is 57.5 Å². The van der Waals surface area contributed by atoms with Crippen molar-refractivity contribution in [3.63, 3.8) is 0 Å². The van der Waals surface area contributed by atoms with E-state index in [1.807, 2.05) is 0 Å². The van der Waals surface area contributed by atoms with E-state index in [1.54, 1.807) is 18.4 Å². The zero-order valence-corrected chi connectivity index (χ0v) is 7.04. The molecule has 0 aromatic carbocycles. The number of rotatable bonds is 5. The fraction of sp³-hybridized carbons (Fsp3) is 0.429. The number of hydrogen-bond acceptors (Lipinski definition) is 3. The van der Waals surface area contributed by atoms with Gasteiger partial charge in [-0.2, -0.15) is 0 Å². The van der Waals surface area contributed by atoms with Crippen LogP contribution in [0.3, 0.4) is 0 Å². The van der Waals surface area contributed by atoms with Gasteiger partial charge in [-0.15, -0.1) is 11.8 Å². The number of carbonyl (C=O) groups is 1. The minimum absolute atomic E-state index is 0.364. The molecule has 0 aliphatic carbocycles. The van der Waals surface area contributed by atoms with Crippen molar-refractivity contribution < 1.29 is 15.0 Å². The van der Waals surface area contributed by atoms with Crippen LogP contribution in [-0.4, -0.2) is 22.3 Å². The molecule has 1 atom stereocenters. The fourth-order valence-corrected chi connectivity index (χ4v) is 0.823. The first kappa shape index (κ1) is 10.5. The van der Waals surface area contributed by atoms with Gasteiger partial charge in [0.15, 0.2) is 0 Å². The van der Waals surface area contributed by atoms with Crippen LogP contribution in [0.15, 0.2) is 11.5 Å². The third-order valence-corrected chi connectivity index (χ3v) is 1.51. The van der Waals surface area contributed by atoms with E-state index in [-0.39, 0.29) is 6.10 Å². The molecule has 1 radical (unpaired) electrons. The van der Waals surface area contributed by atoms with Crippen LogP contribution in [0.1, 0.15) is 13.3 Å². The molecule has 63 valence electrons. The molecular formula is C7H11O3S. The average Bonchev–Trinajstić information content (AvgIpc) is 1.85. The molecule has 0 bridgehead atoms. The van der Waals surface area contributed by atoms with Gasteiger partial charge >= 0.3 is 5.97 Å². The monoisotopic (exact) mass is 175 g/mol. The first-order valence-corrected chi connectivity index (χ1v) is 4.12. The standard InChI is InChI=1S/C7H11O3S/c1-6(8)3-2-4-11-5-7(9)10/h2,4-6,8H,3H2,1H3,(H,9,10)/b4-2+. The van der Waals surface area contributed by atoms with E-state index in [0.717, 1.165) is 17.5 Å². The molecule has 0 aliphatic heterocycles. The predicted molar refractivity (Wildman–Crippen MR) is 45.0 cm³/mol. The lowest BCUT2D eigenvalue weighted by Crippen LogP contribution is -1.95. The Hall–Kier alpha value is -0.480. The molecule has 0 heterocycles. The molecular weight excluding hydrogens is 164 g/mol. The van der Waals surface area contributed by atoms with Crippen LogP contribution in [0, 0.1) is 5.75 Å². The van der Waals surface area contributed by atoms with Gasteiger partial charge in [-0.3, -0.25) is 4.79 Å². The van der Waals surface area contributed by atoms with E-state index in [1.165, 1.54) is 0 Å². The second-order valence-corrected chi connectivity index (χ2v) is 2.83. The minimum Gasteiger partial charge on any atom is -0.480 e. The largest absolute Gasteiger partial charge is 0.480 e. The molecule has 0 amide bonds. The molecule has 0 fully saturated rings. The summed E-state index contributed by atoms with van der Waals surface area (Å²) in [7, 11) is 0. The summed E-state index contributed by atoms with van der Waals surface area (Å²) in [5.74, 6) is 0.134. The maximum Gasteiger partial charge on any atom is 0.318 e. The minimum atomic E-state index is -0.948. The van der Waals surface area contributed by atoms with Gasteiger partial charge < -0.3 is 10.2 Å². The maximum atomic E-state index is 9.94. The van der Waals surface area contributed by atoms with E-state index in [9.17, 15) is 4.79 Å². The molecule has 4 heteroatoms. The van der Waals surface area contributed by atoms with E-state index >= 15 is 0 Å². The van der Waals surface area contributed by atoms with Crippen molar-refractivity contribution in [3.8, 4) is 0 Å². The molecule has 2 N–H and O–H groups in total. The maximum absolute atomic E-state index is 9.94. The summed E-state index contributed by atoms with van der Waals surface area (Å²) in [4.78, 5) is 9.94. The number of aliphatic hydroxyl groups excluding tert-OH is 1. The first-order chi connectivity index (χ1) is 5.13. The Morgan fingerprint density at radius 1 is 1.73 bits per heavy atom. The van der Waals surface area contributed by atoms with E-state index in [2.05, 4.69) is 0 Å². The van der Waals surface area contributed by atoms with Crippen molar-refractivity contribution in [3.05, 3.63) is 17.2 Å². The third kappa shape index (κ3) is 9.52. The number of carboxylic acid groups (broad SMARTS) is 1. The summed E-state index contributed by atoms with van der Waals surface area (Å²) in [6, 6.07) is 0. The van der Waals surface area contributed by atoms with Crippen molar-refractivity contribution in [2.24, 2.45) is 0 Å². The highest BCUT2D eigenvalue weighted by molar-refractivity contribution is 8.04. The quantitative estimate of drug-likeness (QED) is 0.660. The van der Waals surface area contributed by atoms with E-state index in [0.29, 0.717) is 6.42 Å². The van der Waals surface area contributed by atoms with E-state index in [4.69, 9.17) is 10.2 Å². The van der Waals surface area contributed by atoms with Crippen LogP contribution >= 0.6 is 11.8 Å². The highest BCUT2D eigenvalue weighted by atomic mass is 32.2. The molecule has 0 aromatic rings. The summed E-state index contributed by atoms with van der Waals surface area (Å²) < 4.78 is 0.